The number of hydrogen-bond acceptors (Lipinski definition) is 3. The van der Waals surface area contributed by atoms with Crippen LogP contribution in [0.3, 0.4) is 0 Å². The number of nitrogens with one attached hydrogen (secondary N) is 1. The van der Waals surface area contributed by atoms with Gasteiger partial charge in [-0.05, 0) is 42.7 Å². The van der Waals surface area contributed by atoms with E-state index < -0.39 is 0 Å². The van der Waals surface area contributed by atoms with E-state index in [-0.39, 0.29) is 17.1 Å². The highest BCUT2D eigenvalue weighted by Gasteiger charge is 2.30. The van der Waals surface area contributed by atoms with Gasteiger partial charge in [0.05, 0.1) is 15.9 Å². The topological polar surface area (TPSA) is 58.5 Å². The van der Waals surface area contributed by atoms with E-state index in [1.54, 1.807) is 30.4 Å². The van der Waals surface area contributed by atoms with Crippen molar-refractivity contribution in [2.75, 3.05) is 0 Å². The van der Waals surface area contributed by atoms with Crippen molar-refractivity contribution in [3.63, 3.8) is 0 Å². The largest absolute Gasteiger partial charge is 0.349 e. The molecule has 1 heterocycles. The fraction of sp³-hybridized carbons (Fsp3) is 0.211. The smallest absolute Gasteiger partial charge is 0.283 e. The fourth-order valence-corrected chi connectivity index (χ4v) is 3.84. The lowest BCUT2D eigenvalue weighted by molar-refractivity contribution is -0.117. The Labute approximate surface area is 154 Å². The third-order valence-electron chi connectivity index (χ3n) is 4.06. The third-order valence-corrected chi connectivity index (χ3v) is 5.50. The van der Waals surface area contributed by atoms with Crippen molar-refractivity contribution in [2.45, 2.75) is 24.1 Å². The van der Waals surface area contributed by atoms with Gasteiger partial charge >= 0.3 is 0 Å². The number of aliphatic imine (C=N–C) groups is 1. The van der Waals surface area contributed by atoms with Gasteiger partial charge in [0.2, 0.25) is 0 Å². The summed E-state index contributed by atoms with van der Waals surface area (Å²) in [6.45, 7) is 0. The molecule has 1 atom stereocenters. The number of benzene rings is 1. The minimum Gasteiger partial charge on any atom is -0.349 e. The van der Waals surface area contributed by atoms with Crippen molar-refractivity contribution < 1.29 is 9.59 Å². The molecule has 1 saturated carbocycles. The van der Waals surface area contributed by atoms with Gasteiger partial charge in [-0.1, -0.05) is 35.9 Å². The standard InChI is InChI=1S/C19H15ClN2O2S/c20-13-3-1-2-11(8-13)9-17-19(24)22-15-10-12(4-7-16(15)25-17)18(23)21-14-5-6-14/h1-4,7-10,14,16H,5-6H2,(H,21,23)/b17-9+. The lowest BCUT2D eigenvalue weighted by Gasteiger charge is -2.22. The van der Waals surface area contributed by atoms with E-state index in [4.69, 9.17) is 11.6 Å². The number of hydrogen-bond donors (Lipinski definition) is 1. The van der Waals surface area contributed by atoms with Crippen molar-refractivity contribution in [1.29, 1.82) is 0 Å². The summed E-state index contributed by atoms with van der Waals surface area (Å²) >= 11 is 7.43. The minimum atomic E-state index is -0.287. The Morgan fingerprint density at radius 3 is 2.96 bits per heavy atom. The van der Waals surface area contributed by atoms with Crippen LogP contribution in [0.25, 0.3) is 6.08 Å². The molecule has 0 bridgehead atoms. The summed E-state index contributed by atoms with van der Waals surface area (Å²) < 4.78 is 0. The Balaban J connectivity index is 1.56. The predicted octanol–water partition coefficient (Wildman–Crippen LogP) is 3.54. The molecule has 0 saturated heterocycles. The van der Waals surface area contributed by atoms with Gasteiger partial charge in [0.15, 0.2) is 0 Å². The Hall–Kier alpha value is -2.11. The van der Waals surface area contributed by atoms with Gasteiger partial charge in [0.1, 0.15) is 0 Å². The second-order valence-electron chi connectivity index (χ2n) is 6.15. The van der Waals surface area contributed by atoms with Crippen LogP contribution in [0.15, 0.2) is 58.0 Å². The lowest BCUT2D eigenvalue weighted by Crippen LogP contribution is -2.30. The van der Waals surface area contributed by atoms with E-state index >= 15 is 0 Å². The highest BCUT2D eigenvalue weighted by atomic mass is 35.5. The van der Waals surface area contributed by atoms with Gasteiger partial charge in [-0.3, -0.25) is 9.59 Å². The molecule has 4 rings (SSSR count). The van der Waals surface area contributed by atoms with Gasteiger partial charge in [-0.15, -0.1) is 11.8 Å². The van der Waals surface area contributed by atoms with E-state index in [0.717, 1.165) is 18.4 Å². The van der Waals surface area contributed by atoms with Gasteiger partial charge in [0, 0.05) is 16.6 Å². The number of rotatable bonds is 3. The average molecular weight is 371 g/mol. The quantitative estimate of drug-likeness (QED) is 0.828. The Morgan fingerprint density at radius 2 is 2.20 bits per heavy atom. The number of carbonyl (C=O) groups is 2. The third kappa shape index (κ3) is 3.78. The summed E-state index contributed by atoms with van der Waals surface area (Å²) in [4.78, 5) is 29.2. The Kier molecular flexibility index (Phi) is 4.36. The molecule has 0 radical (unpaired) electrons. The van der Waals surface area contributed by atoms with Gasteiger partial charge in [0.25, 0.3) is 11.8 Å². The first-order chi connectivity index (χ1) is 12.1. The zero-order chi connectivity index (χ0) is 17.4. The molecule has 1 unspecified atom stereocenters. The van der Waals surface area contributed by atoms with Gasteiger partial charge < -0.3 is 5.32 Å². The van der Waals surface area contributed by atoms with Crippen LogP contribution >= 0.6 is 23.4 Å². The SMILES string of the molecule is O=C(NC1CC1)C1=CC2=NC(=O)/C(=C\c3cccc(Cl)c3)SC2C=C1. The number of nitrogens with zero attached hydrogens (tertiary/aromatic N) is 1. The summed E-state index contributed by atoms with van der Waals surface area (Å²) in [5.41, 5.74) is 2.04. The monoisotopic (exact) mass is 370 g/mol. The first kappa shape index (κ1) is 16.4. The molecule has 0 spiro atoms. The zero-order valence-electron chi connectivity index (χ0n) is 13.2. The Bertz CT molecular complexity index is 881. The van der Waals surface area contributed by atoms with Crippen LogP contribution in [0.4, 0.5) is 0 Å². The number of halogens is 1. The highest BCUT2D eigenvalue weighted by molar-refractivity contribution is 8.05. The summed E-state index contributed by atoms with van der Waals surface area (Å²) in [5.74, 6) is -0.387. The maximum atomic E-state index is 12.3. The molecule has 1 N–H and O–H groups in total. The number of carbonyl (C=O) groups excluding carboxylic acids is 2. The lowest BCUT2D eigenvalue weighted by atomic mass is 10.0. The fourth-order valence-electron chi connectivity index (χ4n) is 2.62. The summed E-state index contributed by atoms with van der Waals surface area (Å²) in [7, 11) is 0. The molecule has 6 heteroatoms. The number of allylic oxidation sites excluding steroid dienone is 1. The normalized spacial score (nSPS) is 23.8. The molecule has 1 aromatic rings. The summed E-state index contributed by atoms with van der Waals surface area (Å²) in [6.07, 6.45) is 9.32. The first-order valence-electron chi connectivity index (χ1n) is 8.06. The van der Waals surface area contributed by atoms with Crippen LogP contribution in [-0.4, -0.2) is 28.8 Å². The minimum absolute atomic E-state index is 0.0550. The van der Waals surface area contributed by atoms with E-state index in [2.05, 4.69) is 10.3 Å². The molecule has 3 aliphatic rings. The van der Waals surface area contributed by atoms with Gasteiger partial charge in [-0.25, -0.2) is 4.99 Å². The first-order valence-corrected chi connectivity index (χ1v) is 9.32. The molecule has 2 amide bonds. The number of amides is 2. The van der Waals surface area contributed by atoms with Crippen molar-refractivity contribution in [2.24, 2.45) is 4.99 Å². The molecule has 1 fully saturated rings. The number of thioether (sulfide) groups is 1. The molecule has 4 nitrogen and oxygen atoms in total. The predicted molar refractivity (Wildman–Crippen MR) is 102 cm³/mol. The van der Waals surface area contributed by atoms with Crippen molar-refractivity contribution in [3.8, 4) is 0 Å². The molecule has 1 aromatic carbocycles. The molecule has 25 heavy (non-hydrogen) atoms. The van der Waals surface area contributed by atoms with Gasteiger partial charge in [-0.2, -0.15) is 0 Å². The number of fused-ring (bicyclic) bond motifs is 1. The van der Waals surface area contributed by atoms with Crippen LogP contribution in [0, 0.1) is 0 Å². The van der Waals surface area contributed by atoms with Crippen LogP contribution in [0.1, 0.15) is 18.4 Å². The van der Waals surface area contributed by atoms with Crippen LogP contribution in [0.5, 0.6) is 0 Å². The van der Waals surface area contributed by atoms with E-state index in [9.17, 15) is 9.59 Å². The van der Waals surface area contributed by atoms with E-state index in [1.165, 1.54) is 11.8 Å². The van der Waals surface area contributed by atoms with Crippen molar-refractivity contribution in [3.05, 3.63) is 63.6 Å². The summed E-state index contributed by atoms with van der Waals surface area (Å²) in [6, 6.07) is 7.63. The van der Waals surface area contributed by atoms with Crippen LogP contribution in [0.2, 0.25) is 5.02 Å². The molecular weight excluding hydrogens is 356 g/mol. The highest BCUT2D eigenvalue weighted by Crippen LogP contribution is 2.34. The summed E-state index contributed by atoms with van der Waals surface area (Å²) in [5, 5.41) is 3.52. The average Bonchev–Trinajstić information content (AvgIpc) is 3.39. The Morgan fingerprint density at radius 1 is 1.36 bits per heavy atom. The van der Waals surface area contributed by atoms with Crippen molar-refractivity contribution >= 4 is 47.0 Å². The second kappa shape index (κ2) is 6.65. The molecule has 2 aliphatic carbocycles. The maximum Gasteiger partial charge on any atom is 0.283 e. The molecule has 1 aliphatic heterocycles. The van der Waals surface area contributed by atoms with E-state index in [0.29, 0.717) is 27.3 Å². The molecule has 0 aromatic heterocycles. The molecular formula is C19H15ClN2O2S. The molecule has 126 valence electrons. The van der Waals surface area contributed by atoms with E-state index in [1.807, 2.05) is 18.2 Å². The van der Waals surface area contributed by atoms with Crippen molar-refractivity contribution in [1.82, 2.24) is 5.32 Å². The van der Waals surface area contributed by atoms with Crippen LogP contribution in [-0.2, 0) is 9.59 Å². The second-order valence-corrected chi connectivity index (χ2v) is 7.77. The zero-order valence-corrected chi connectivity index (χ0v) is 14.8. The maximum absolute atomic E-state index is 12.3. The van der Waals surface area contributed by atoms with Crippen LogP contribution < -0.4 is 5.32 Å².